The lowest BCUT2D eigenvalue weighted by molar-refractivity contribution is -0.141. The Kier molecular flexibility index (Phi) is 5.41. The van der Waals surface area contributed by atoms with Gasteiger partial charge in [-0.05, 0) is 24.6 Å². The summed E-state index contributed by atoms with van der Waals surface area (Å²) in [4.78, 5) is 10.9. The predicted octanol–water partition coefficient (Wildman–Crippen LogP) is 2.09. The van der Waals surface area contributed by atoms with Crippen LogP contribution in [0.1, 0.15) is 18.5 Å². The summed E-state index contributed by atoms with van der Waals surface area (Å²) in [6, 6.07) is 6.49. The Hall–Kier alpha value is -1.10. The van der Waals surface area contributed by atoms with E-state index < -0.39 is 12.0 Å². The summed E-state index contributed by atoms with van der Waals surface area (Å²) in [5, 5.41) is 12.6. The maximum atomic E-state index is 10.9. The monoisotopic (exact) mass is 257 g/mol. The second-order valence-corrected chi connectivity index (χ2v) is 4.22. The number of ether oxygens (including phenoxy) is 1. The van der Waals surface area contributed by atoms with Gasteiger partial charge in [-0.15, -0.1) is 0 Å². The van der Waals surface area contributed by atoms with E-state index in [9.17, 15) is 4.79 Å². The Morgan fingerprint density at radius 1 is 1.47 bits per heavy atom. The number of carboxylic acids is 1. The lowest BCUT2D eigenvalue weighted by Crippen LogP contribution is -2.41. The summed E-state index contributed by atoms with van der Waals surface area (Å²) < 4.78 is 4.86. The zero-order valence-corrected chi connectivity index (χ0v) is 10.6. The first-order chi connectivity index (χ1) is 8.04. The van der Waals surface area contributed by atoms with E-state index in [-0.39, 0.29) is 12.6 Å². The minimum Gasteiger partial charge on any atom is -0.480 e. The summed E-state index contributed by atoms with van der Waals surface area (Å²) in [7, 11) is 1.48. The largest absolute Gasteiger partial charge is 0.480 e. The number of hydrogen-bond donors (Lipinski definition) is 2. The van der Waals surface area contributed by atoms with Gasteiger partial charge in [-0.25, -0.2) is 0 Å². The number of rotatable bonds is 6. The van der Waals surface area contributed by atoms with Crippen molar-refractivity contribution in [3.8, 4) is 0 Å². The first-order valence-electron chi connectivity index (χ1n) is 5.28. The minimum absolute atomic E-state index is 0.0801. The molecular formula is C12H16ClNO3. The molecule has 2 N–H and O–H groups in total. The van der Waals surface area contributed by atoms with Gasteiger partial charge in [-0.1, -0.05) is 23.7 Å². The number of methoxy groups -OCH3 is 1. The molecule has 1 aromatic carbocycles. The number of aliphatic carboxylic acids is 1. The summed E-state index contributed by atoms with van der Waals surface area (Å²) in [6.07, 6.45) is 0. The third kappa shape index (κ3) is 4.34. The molecule has 0 saturated heterocycles. The molecule has 4 nitrogen and oxygen atoms in total. The van der Waals surface area contributed by atoms with Gasteiger partial charge in [-0.3, -0.25) is 10.1 Å². The van der Waals surface area contributed by atoms with Gasteiger partial charge in [-0.2, -0.15) is 0 Å². The Bertz CT molecular complexity index is 367. The van der Waals surface area contributed by atoms with Crippen LogP contribution in [0.5, 0.6) is 0 Å². The number of benzene rings is 1. The van der Waals surface area contributed by atoms with Crippen LogP contribution in [-0.4, -0.2) is 30.8 Å². The van der Waals surface area contributed by atoms with E-state index in [1.165, 1.54) is 7.11 Å². The summed E-state index contributed by atoms with van der Waals surface area (Å²) in [5.41, 5.74) is 0.983. The standard InChI is InChI=1S/C12H16ClNO3/c1-8(9-3-5-10(13)6-4-9)14-11(7-17-2)12(15)16/h3-6,8,11,14H,7H2,1-2H3,(H,15,16)/t8-,11?/m0/s1. The highest BCUT2D eigenvalue weighted by Crippen LogP contribution is 2.16. The van der Waals surface area contributed by atoms with E-state index >= 15 is 0 Å². The van der Waals surface area contributed by atoms with Gasteiger partial charge in [0, 0.05) is 18.2 Å². The van der Waals surface area contributed by atoms with Crippen molar-refractivity contribution in [3.63, 3.8) is 0 Å². The number of carboxylic acid groups (broad SMARTS) is 1. The molecule has 94 valence electrons. The van der Waals surface area contributed by atoms with Crippen LogP contribution in [0.2, 0.25) is 5.02 Å². The van der Waals surface area contributed by atoms with Crippen molar-refractivity contribution in [3.05, 3.63) is 34.9 Å². The first kappa shape index (κ1) is 14.0. The molecule has 0 radical (unpaired) electrons. The fraction of sp³-hybridized carbons (Fsp3) is 0.417. The van der Waals surface area contributed by atoms with Gasteiger partial charge in [0.25, 0.3) is 0 Å². The van der Waals surface area contributed by atoms with Crippen molar-refractivity contribution >= 4 is 17.6 Å². The number of carbonyl (C=O) groups is 1. The highest BCUT2D eigenvalue weighted by atomic mass is 35.5. The summed E-state index contributed by atoms with van der Waals surface area (Å²) >= 11 is 5.79. The van der Waals surface area contributed by atoms with Gasteiger partial charge < -0.3 is 9.84 Å². The van der Waals surface area contributed by atoms with Crippen LogP contribution in [-0.2, 0) is 9.53 Å². The smallest absolute Gasteiger partial charge is 0.323 e. The highest BCUT2D eigenvalue weighted by molar-refractivity contribution is 6.30. The van der Waals surface area contributed by atoms with Crippen molar-refractivity contribution in [1.82, 2.24) is 5.32 Å². The van der Waals surface area contributed by atoms with Crippen LogP contribution in [0.25, 0.3) is 0 Å². The molecule has 0 bridgehead atoms. The van der Waals surface area contributed by atoms with E-state index in [2.05, 4.69) is 5.32 Å². The van der Waals surface area contributed by atoms with E-state index in [4.69, 9.17) is 21.4 Å². The van der Waals surface area contributed by atoms with Crippen LogP contribution in [0.3, 0.4) is 0 Å². The van der Waals surface area contributed by atoms with Crippen molar-refractivity contribution in [1.29, 1.82) is 0 Å². The van der Waals surface area contributed by atoms with Crippen LogP contribution in [0.4, 0.5) is 0 Å². The second kappa shape index (κ2) is 6.59. The van der Waals surface area contributed by atoms with Gasteiger partial charge in [0.05, 0.1) is 6.61 Å². The van der Waals surface area contributed by atoms with Crippen LogP contribution in [0, 0.1) is 0 Å². The van der Waals surface area contributed by atoms with Crippen molar-refractivity contribution < 1.29 is 14.6 Å². The maximum Gasteiger partial charge on any atom is 0.323 e. The van der Waals surface area contributed by atoms with Crippen molar-refractivity contribution in [2.24, 2.45) is 0 Å². The molecule has 0 spiro atoms. The molecule has 2 atom stereocenters. The SMILES string of the molecule is COCC(N[C@@H](C)c1ccc(Cl)cc1)C(=O)O. The first-order valence-corrected chi connectivity index (χ1v) is 5.65. The van der Waals surface area contributed by atoms with E-state index in [0.717, 1.165) is 5.56 Å². The number of halogens is 1. The summed E-state index contributed by atoms with van der Waals surface area (Å²) in [6.45, 7) is 2.03. The topological polar surface area (TPSA) is 58.6 Å². The van der Waals surface area contributed by atoms with Gasteiger partial charge in [0.2, 0.25) is 0 Å². The molecule has 0 aliphatic carbocycles. The predicted molar refractivity (Wildman–Crippen MR) is 66.3 cm³/mol. The molecule has 0 saturated carbocycles. The van der Waals surface area contributed by atoms with Crippen molar-refractivity contribution in [2.75, 3.05) is 13.7 Å². The normalized spacial score (nSPS) is 14.3. The molecular weight excluding hydrogens is 242 g/mol. The van der Waals surface area contributed by atoms with Gasteiger partial charge in [0.1, 0.15) is 6.04 Å². The Balaban J connectivity index is 2.66. The number of nitrogens with one attached hydrogen (secondary N) is 1. The zero-order chi connectivity index (χ0) is 12.8. The van der Waals surface area contributed by atoms with E-state index in [1.807, 2.05) is 19.1 Å². The molecule has 0 amide bonds. The van der Waals surface area contributed by atoms with Crippen LogP contribution < -0.4 is 5.32 Å². The quantitative estimate of drug-likeness (QED) is 0.819. The lowest BCUT2D eigenvalue weighted by Gasteiger charge is -2.19. The Morgan fingerprint density at radius 3 is 2.53 bits per heavy atom. The third-order valence-corrected chi connectivity index (χ3v) is 2.70. The van der Waals surface area contributed by atoms with E-state index in [1.54, 1.807) is 12.1 Å². The minimum atomic E-state index is -0.923. The van der Waals surface area contributed by atoms with Crippen LogP contribution >= 0.6 is 11.6 Å². The molecule has 0 aromatic heterocycles. The fourth-order valence-corrected chi connectivity index (χ4v) is 1.63. The van der Waals surface area contributed by atoms with Crippen LogP contribution in [0.15, 0.2) is 24.3 Å². The lowest BCUT2D eigenvalue weighted by atomic mass is 10.1. The fourth-order valence-electron chi connectivity index (χ4n) is 1.51. The van der Waals surface area contributed by atoms with Gasteiger partial charge in [0.15, 0.2) is 0 Å². The average molecular weight is 258 g/mol. The van der Waals surface area contributed by atoms with Gasteiger partial charge >= 0.3 is 5.97 Å². The van der Waals surface area contributed by atoms with E-state index in [0.29, 0.717) is 5.02 Å². The molecule has 1 unspecified atom stereocenters. The third-order valence-electron chi connectivity index (χ3n) is 2.45. The molecule has 1 aromatic rings. The maximum absolute atomic E-state index is 10.9. The summed E-state index contributed by atoms with van der Waals surface area (Å²) in [5.74, 6) is -0.923. The second-order valence-electron chi connectivity index (χ2n) is 3.79. The average Bonchev–Trinajstić information content (AvgIpc) is 2.29. The Labute approximate surface area is 106 Å². The molecule has 0 aliphatic heterocycles. The highest BCUT2D eigenvalue weighted by Gasteiger charge is 2.19. The molecule has 1 rings (SSSR count). The Morgan fingerprint density at radius 2 is 2.06 bits per heavy atom. The molecule has 5 heteroatoms. The molecule has 0 heterocycles. The molecule has 17 heavy (non-hydrogen) atoms. The zero-order valence-electron chi connectivity index (χ0n) is 9.81. The number of hydrogen-bond acceptors (Lipinski definition) is 3. The molecule has 0 fully saturated rings. The molecule has 0 aliphatic rings. The van der Waals surface area contributed by atoms with Crippen molar-refractivity contribution in [2.45, 2.75) is 19.0 Å².